The highest BCUT2D eigenvalue weighted by atomic mass is 19.1. The number of aliphatic imine (C=N–C) groups is 2. The van der Waals surface area contributed by atoms with Gasteiger partial charge >= 0.3 is 0 Å². The van der Waals surface area contributed by atoms with E-state index in [0.717, 1.165) is 48.7 Å². The van der Waals surface area contributed by atoms with E-state index in [9.17, 15) is 4.39 Å². The Kier molecular flexibility index (Phi) is 4.59. The molecule has 5 rings (SSSR count). The van der Waals surface area contributed by atoms with E-state index in [1.165, 1.54) is 12.1 Å². The van der Waals surface area contributed by atoms with Crippen molar-refractivity contribution in [1.82, 2.24) is 19.6 Å². The molecule has 0 atom stereocenters. The van der Waals surface area contributed by atoms with Gasteiger partial charge in [0.15, 0.2) is 0 Å². The molecule has 2 aromatic carbocycles. The molecule has 0 N–H and O–H groups in total. The van der Waals surface area contributed by atoms with Crippen molar-refractivity contribution in [2.24, 2.45) is 9.98 Å². The van der Waals surface area contributed by atoms with Crippen molar-refractivity contribution in [2.75, 3.05) is 37.7 Å². The molecule has 148 valence electrons. The predicted molar refractivity (Wildman–Crippen MR) is 113 cm³/mol. The molecule has 0 unspecified atom stereocenters. The normalized spacial score (nSPS) is 17.1. The maximum absolute atomic E-state index is 13.1. The van der Waals surface area contributed by atoms with Crippen LogP contribution in [-0.2, 0) is 6.67 Å². The highest BCUT2D eigenvalue weighted by molar-refractivity contribution is 5.89. The van der Waals surface area contributed by atoms with E-state index in [1.807, 2.05) is 52.4 Å². The molecule has 1 fully saturated rings. The van der Waals surface area contributed by atoms with Gasteiger partial charge in [-0.05, 0) is 30.3 Å². The summed E-state index contributed by atoms with van der Waals surface area (Å²) < 4.78 is 15.0. The lowest BCUT2D eigenvalue weighted by atomic mass is 10.2. The number of hydrogen-bond acceptors (Lipinski definition) is 6. The summed E-state index contributed by atoms with van der Waals surface area (Å²) in [6.45, 7) is 4.60. The number of rotatable bonds is 3. The molecule has 0 aliphatic carbocycles. The first-order valence-electron chi connectivity index (χ1n) is 9.75. The van der Waals surface area contributed by atoms with E-state index in [0.29, 0.717) is 13.3 Å². The average Bonchev–Trinajstić information content (AvgIpc) is 3.17. The van der Waals surface area contributed by atoms with Gasteiger partial charge in [-0.3, -0.25) is 4.68 Å². The van der Waals surface area contributed by atoms with Crippen LogP contribution in [0.3, 0.4) is 0 Å². The molecular weight excluding hydrogens is 369 g/mol. The molecule has 3 heterocycles. The summed E-state index contributed by atoms with van der Waals surface area (Å²) in [5.41, 5.74) is 2.04. The summed E-state index contributed by atoms with van der Waals surface area (Å²) in [5.74, 6) is 0.580. The molecule has 1 saturated heterocycles. The number of benzene rings is 2. The van der Waals surface area contributed by atoms with Crippen molar-refractivity contribution in [3.8, 4) is 0 Å². The maximum Gasteiger partial charge on any atom is 0.223 e. The highest BCUT2D eigenvalue weighted by Crippen LogP contribution is 2.18. The molecule has 2 aliphatic heterocycles. The monoisotopic (exact) mass is 391 g/mol. The smallest absolute Gasteiger partial charge is 0.223 e. The minimum atomic E-state index is -0.203. The van der Waals surface area contributed by atoms with E-state index in [1.54, 1.807) is 0 Å². The first-order valence-corrected chi connectivity index (χ1v) is 9.75. The van der Waals surface area contributed by atoms with Crippen LogP contribution in [0.5, 0.6) is 0 Å². The van der Waals surface area contributed by atoms with Crippen LogP contribution in [0.1, 0.15) is 0 Å². The number of hydrogen-bond donors (Lipinski definition) is 0. The van der Waals surface area contributed by atoms with Gasteiger partial charge in [-0.1, -0.05) is 18.2 Å². The Balaban J connectivity index is 1.16. The lowest BCUT2D eigenvalue weighted by Gasteiger charge is -2.37. The molecule has 0 saturated carbocycles. The first kappa shape index (κ1) is 17.7. The van der Waals surface area contributed by atoms with Gasteiger partial charge in [0.1, 0.15) is 19.2 Å². The summed E-state index contributed by atoms with van der Waals surface area (Å²) in [6, 6.07) is 14.8. The van der Waals surface area contributed by atoms with Gasteiger partial charge in [0.25, 0.3) is 0 Å². The zero-order valence-electron chi connectivity index (χ0n) is 16.0. The predicted octanol–water partition coefficient (Wildman–Crippen LogP) is 2.61. The number of fused-ring (bicyclic) bond motifs is 1. The number of piperazine rings is 1. The van der Waals surface area contributed by atoms with E-state index in [-0.39, 0.29) is 5.82 Å². The number of nitrogens with zero attached hydrogens (tertiary/aromatic N) is 7. The lowest BCUT2D eigenvalue weighted by Crippen LogP contribution is -2.49. The molecule has 29 heavy (non-hydrogen) atoms. The van der Waals surface area contributed by atoms with Crippen molar-refractivity contribution in [1.29, 1.82) is 0 Å². The molecular formula is C21H22FN7. The molecule has 3 aromatic rings. The third-order valence-electron chi connectivity index (χ3n) is 5.27. The standard InChI is InChI=1S/C21H22FN7/c22-18-5-7-19(8-6-18)27-9-11-28(12-10-27)21-23-14-26(15-24-21)16-29-13-17-3-1-2-4-20(17)25-29/h1-8,13-14H,9-12,15-16H2. The Bertz CT molecular complexity index is 1020. The Morgan fingerprint density at radius 1 is 0.897 bits per heavy atom. The van der Waals surface area contributed by atoms with Crippen LogP contribution in [0.4, 0.5) is 10.1 Å². The minimum absolute atomic E-state index is 0.203. The minimum Gasteiger partial charge on any atom is -0.368 e. The van der Waals surface area contributed by atoms with Gasteiger partial charge in [0.2, 0.25) is 5.96 Å². The van der Waals surface area contributed by atoms with E-state index in [2.05, 4.69) is 30.9 Å². The Labute approximate surface area is 168 Å². The quantitative estimate of drug-likeness (QED) is 0.689. The zero-order chi connectivity index (χ0) is 19.6. The number of guanidine groups is 1. The largest absolute Gasteiger partial charge is 0.368 e. The Hall–Kier alpha value is -3.42. The van der Waals surface area contributed by atoms with Crippen molar-refractivity contribution in [3.05, 3.63) is 60.5 Å². The molecule has 0 bridgehead atoms. The van der Waals surface area contributed by atoms with Gasteiger partial charge in [0.05, 0.1) is 11.9 Å². The lowest BCUT2D eigenvalue weighted by molar-refractivity contribution is 0.325. The van der Waals surface area contributed by atoms with Crippen LogP contribution >= 0.6 is 0 Å². The van der Waals surface area contributed by atoms with Crippen molar-refractivity contribution >= 4 is 28.9 Å². The summed E-state index contributed by atoms with van der Waals surface area (Å²) in [4.78, 5) is 15.7. The SMILES string of the molecule is Fc1ccc(N2CCN(C3=NCN(Cn4cc5ccccc5n4)C=N3)CC2)cc1. The third kappa shape index (κ3) is 3.78. The van der Waals surface area contributed by atoms with Gasteiger partial charge in [-0.2, -0.15) is 5.10 Å². The second kappa shape index (κ2) is 7.54. The fraction of sp³-hybridized carbons (Fsp3) is 0.286. The number of halogens is 1. The van der Waals surface area contributed by atoms with Crippen molar-refractivity contribution < 1.29 is 4.39 Å². The van der Waals surface area contributed by atoms with E-state index in [4.69, 9.17) is 0 Å². The molecule has 0 radical (unpaired) electrons. The third-order valence-corrected chi connectivity index (χ3v) is 5.27. The highest BCUT2D eigenvalue weighted by Gasteiger charge is 2.21. The van der Waals surface area contributed by atoms with Crippen LogP contribution in [0.2, 0.25) is 0 Å². The van der Waals surface area contributed by atoms with Gasteiger partial charge < -0.3 is 14.7 Å². The van der Waals surface area contributed by atoms with Gasteiger partial charge in [-0.15, -0.1) is 0 Å². The van der Waals surface area contributed by atoms with Gasteiger partial charge in [-0.25, -0.2) is 14.4 Å². The average molecular weight is 391 g/mol. The summed E-state index contributed by atoms with van der Waals surface area (Å²) in [7, 11) is 0. The number of anilines is 1. The number of aromatic nitrogens is 2. The summed E-state index contributed by atoms with van der Waals surface area (Å²) in [5, 5.41) is 5.71. The fourth-order valence-electron chi connectivity index (χ4n) is 3.72. The van der Waals surface area contributed by atoms with Crippen LogP contribution < -0.4 is 4.90 Å². The second-order valence-corrected chi connectivity index (χ2v) is 7.25. The topological polar surface area (TPSA) is 52.3 Å². The van der Waals surface area contributed by atoms with E-state index >= 15 is 0 Å². The fourth-order valence-corrected chi connectivity index (χ4v) is 3.72. The summed E-state index contributed by atoms with van der Waals surface area (Å²) in [6.07, 6.45) is 3.89. The van der Waals surface area contributed by atoms with Crippen LogP contribution in [0, 0.1) is 5.82 Å². The Morgan fingerprint density at radius 2 is 1.66 bits per heavy atom. The van der Waals surface area contributed by atoms with Gasteiger partial charge in [0, 0.05) is 43.4 Å². The molecule has 1 aromatic heterocycles. The first-order chi connectivity index (χ1) is 14.2. The molecule has 8 heteroatoms. The van der Waals surface area contributed by atoms with Crippen molar-refractivity contribution in [3.63, 3.8) is 0 Å². The molecule has 0 spiro atoms. The maximum atomic E-state index is 13.1. The Morgan fingerprint density at radius 3 is 2.38 bits per heavy atom. The zero-order valence-corrected chi connectivity index (χ0v) is 16.0. The molecule has 7 nitrogen and oxygen atoms in total. The van der Waals surface area contributed by atoms with E-state index < -0.39 is 0 Å². The summed E-state index contributed by atoms with van der Waals surface area (Å²) >= 11 is 0. The van der Waals surface area contributed by atoms with Crippen molar-refractivity contribution in [2.45, 2.75) is 6.67 Å². The van der Waals surface area contributed by atoms with Crippen LogP contribution in [0.25, 0.3) is 10.9 Å². The molecule has 0 amide bonds. The molecule has 2 aliphatic rings. The van der Waals surface area contributed by atoms with Crippen LogP contribution in [-0.4, -0.2) is 64.7 Å². The van der Waals surface area contributed by atoms with Crippen LogP contribution in [0.15, 0.2) is 64.7 Å². The second-order valence-electron chi connectivity index (χ2n) is 7.25.